The minimum absolute atomic E-state index is 0. The van der Waals surface area contributed by atoms with Crippen molar-refractivity contribution in [3.63, 3.8) is 0 Å². The van der Waals surface area contributed by atoms with Gasteiger partial charge in [0.15, 0.2) is 0 Å². The van der Waals surface area contributed by atoms with E-state index in [0.717, 1.165) is 0 Å². The second kappa shape index (κ2) is 42.6. The van der Waals surface area contributed by atoms with Crippen molar-refractivity contribution in [3.8, 4) is 0 Å². The smallest absolute Gasteiger partial charge is 0.0782 e. The van der Waals surface area contributed by atoms with Crippen molar-refractivity contribution in [3.05, 3.63) is 0 Å². The van der Waals surface area contributed by atoms with Crippen LogP contribution in [0.5, 0.6) is 0 Å². The molecule has 0 heterocycles. The molecule has 0 fully saturated rings. The molecular formula is C46H98Br2N2. The zero-order valence-corrected chi connectivity index (χ0v) is 39.1. The normalized spacial score (nSPS) is 11.9. The third-order valence-corrected chi connectivity index (χ3v) is 11.5. The fourth-order valence-corrected chi connectivity index (χ4v) is 7.83. The van der Waals surface area contributed by atoms with E-state index in [-0.39, 0.29) is 34.0 Å². The third-order valence-electron chi connectivity index (χ3n) is 11.5. The molecule has 0 bridgehead atoms. The average Bonchev–Trinajstić information content (AvgIpc) is 3.05. The van der Waals surface area contributed by atoms with Gasteiger partial charge >= 0.3 is 0 Å². The standard InChI is InChI=1S/C46H98N2.2BrH/c1-7-9-11-13-15-17-19-21-23-25-27-31-35-39-43-47(3,4)45-41-37-33-29-30-34-38-42-46-48(5,6)44-40-36-32-28-26-24-22-20-18-16-14-12-10-8-2;;/h7-46H2,1-6H3;2*1H/q+2;;/p-2. The summed E-state index contributed by atoms with van der Waals surface area (Å²) in [5.74, 6) is 0. The van der Waals surface area contributed by atoms with Crippen molar-refractivity contribution in [2.24, 2.45) is 0 Å². The second-order valence-electron chi connectivity index (χ2n) is 17.8. The molecule has 0 aliphatic rings. The van der Waals surface area contributed by atoms with Gasteiger partial charge in [-0.05, 0) is 51.4 Å². The third kappa shape index (κ3) is 45.0. The Hall–Kier alpha value is 0.880. The largest absolute Gasteiger partial charge is 1.00 e. The average molecular weight is 839 g/mol. The summed E-state index contributed by atoms with van der Waals surface area (Å²) in [6.07, 6.45) is 52.5. The Morgan fingerprint density at radius 1 is 0.200 bits per heavy atom. The predicted molar refractivity (Wildman–Crippen MR) is 221 cm³/mol. The topological polar surface area (TPSA) is 0 Å². The Balaban J connectivity index is -0.0000110. The van der Waals surface area contributed by atoms with E-state index >= 15 is 0 Å². The molecule has 4 heteroatoms. The molecule has 0 unspecified atom stereocenters. The minimum Gasteiger partial charge on any atom is -1.00 e. The maximum Gasteiger partial charge on any atom is 0.0782 e. The Morgan fingerprint density at radius 3 is 0.460 bits per heavy atom. The van der Waals surface area contributed by atoms with Crippen LogP contribution in [-0.2, 0) is 0 Å². The molecule has 0 amide bonds. The Labute approximate surface area is 340 Å². The molecule has 0 aromatic carbocycles. The lowest BCUT2D eigenvalue weighted by Gasteiger charge is -2.30. The van der Waals surface area contributed by atoms with Crippen LogP contribution in [0.4, 0.5) is 0 Å². The van der Waals surface area contributed by atoms with Crippen LogP contribution in [0.1, 0.15) is 245 Å². The molecule has 0 N–H and O–H groups in total. The van der Waals surface area contributed by atoms with Crippen LogP contribution in [0, 0.1) is 0 Å². The van der Waals surface area contributed by atoms with Gasteiger partial charge in [-0.3, -0.25) is 0 Å². The zero-order valence-electron chi connectivity index (χ0n) is 35.9. The summed E-state index contributed by atoms with van der Waals surface area (Å²) in [7, 11) is 9.90. The predicted octanol–water partition coefficient (Wildman–Crippen LogP) is 9.23. The number of nitrogens with zero attached hydrogens (tertiary/aromatic N) is 2. The second-order valence-corrected chi connectivity index (χ2v) is 17.8. The number of hydrogen-bond donors (Lipinski definition) is 0. The summed E-state index contributed by atoms with van der Waals surface area (Å²) >= 11 is 0. The fraction of sp³-hybridized carbons (Fsp3) is 1.00. The van der Waals surface area contributed by atoms with Crippen molar-refractivity contribution >= 4 is 0 Å². The summed E-state index contributed by atoms with van der Waals surface area (Å²) in [6, 6.07) is 0. The molecule has 0 saturated carbocycles. The van der Waals surface area contributed by atoms with E-state index in [1.807, 2.05) is 0 Å². The number of unbranched alkanes of at least 4 members (excludes halogenated alkanes) is 33. The molecule has 50 heavy (non-hydrogen) atoms. The lowest BCUT2D eigenvalue weighted by Crippen LogP contribution is -3.00. The first kappa shape index (κ1) is 55.2. The van der Waals surface area contributed by atoms with Gasteiger partial charge in [-0.1, -0.05) is 194 Å². The first-order chi connectivity index (χ1) is 23.3. The lowest BCUT2D eigenvalue weighted by atomic mass is 10.0. The van der Waals surface area contributed by atoms with Crippen molar-refractivity contribution < 1.29 is 42.9 Å². The van der Waals surface area contributed by atoms with Gasteiger partial charge in [-0.15, -0.1) is 0 Å². The van der Waals surface area contributed by atoms with Crippen molar-refractivity contribution in [2.45, 2.75) is 245 Å². The molecule has 0 radical (unpaired) electrons. The zero-order chi connectivity index (χ0) is 35.3. The molecule has 0 spiro atoms. The number of rotatable bonds is 41. The van der Waals surface area contributed by atoms with Crippen molar-refractivity contribution in [1.82, 2.24) is 0 Å². The SMILES string of the molecule is CCCCCCCCCCCCCCCC[N+](C)(C)CCCCCCCCCC[N+](C)(C)CCCCCCCCCCCCCCCC.[Br-].[Br-]. The highest BCUT2D eigenvalue weighted by molar-refractivity contribution is 4.53. The van der Waals surface area contributed by atoms with Crippen LogP contribution in [-0.4, -0.2) is 63.3 Å². The van der Waals surface area contributed by atoms with E-state index in [1.165, 1.54) is 266 Å². The van der Waals surface area contributed by atoms with Gasteiger partial charge in [0.25, 0.3) is 0 Å². The maximum absolute atomic E-state index is 2.47. The van der Waals surface area contributed by atoms with Crippen LogP contribution < -0.4 is 34.0 Å². The molecule has 0 aliphatic heterocycles. The first-order valence-electron chi connectivity index (χ1n) is 23.0. The van der Waals surface area contributed by atoms with E-state index in [0.29, 0.717) is 0 Å². The van der Waals surface area contributed by atoms with E-state index in [2.05, 4.69) is 42.0 Å². The summed E-state index contributed by atoms with van der Waals surface area (Å²) in [5, 5.41) is 0. The summed E-state index contributed by atoms with van der Waals surface area (Å²) in [4.78, 5) is 0. The molecule has 0 rings (SSSR count). The Bertz CT molecular complexity index is 557. The Morgan fingerprint density at radius 2 is 0.320 bits per heavy atom. The highest BCUT2D eigenvalue weighted by Gasteiger charge is 2.15. The van der Waals surface area contributed by atoms with Crippen LogP contribution in [0.25, 0.3) is 0 Å². The highest BCUT2D eigenvalue weighted by atomic mass is 79.9. The van der Waals surface area contributed by atoms with Crippen LogP contribution in [0.15, 0.2) is 0 Å². The van der Waals surface area contributed by atoms with Gasteiger partial charge < -0.3 is 42.9 Å². The van der Waals surface area contributed by atoms with Crippen LogP contribution in [0.3, 0.4) is 0 Å². The number of quaternary nitrogens is 2. The summed E-state index contributed by atoms with van der Waals surface area (Å²) < 4.78 is 2.48. The van der Waals surface area contributed by atoms with Crippen molar-refractivity contribution in [1.29, 1.82) is 0 Å². The molecule has 0 aromatic rings. The van der Waals surface area contributed by atoms with Gasteiger partial charge in [0, 0.05) is 0 Å². The molecule has 0 aliphatic carbocycles. The van der Waals surface area contributed by atoms with E-state index < -0.39 is 0 Å². The molecule has 0 atom stereocenters. The molecule has 0 saturated heterocycles. The quantitative estimate of drug-likeness (QED) is 0.0426. The fourth-order valence-electron chi connectivity index (χ4n) is 7.83. The molecular weight excluding hydrogens is 740 g/mol. The monoisotopic (exact) mass is 837 g/mol. The molecule has 0 aromatic heterocycles. The summed E-state index contributed by atoms with van der Waals surface area (Å²) in [6.45, 7) is 10.1. The minimum atomic E-state index is 0. The van der Waals surface area contributed by atoms with Gasteiger partial charge in [0.05, 0.1) is 54.4 Å². The van der Waals surface area contributed by atoms with Gasteiger partial charge in [0.2, 0.25) is 0 Å². The van der Waals surface area contributed by atoms with Gasteiger partial charge in [-0.2, -0.15) is 0 Å². The van der Waals surface area contributed by atoms with Gasteiger partial charge in [0.1, 0.15) is 0 Å². The number of halogens is 2. The van der Waals surface area contributed by atoms with E-state index in [4.69, 9.17) is 0 Å². The first-order valence-corrected chi connectivity index (χ1v) is 23.0. The van der Waals surface area contributed by atoms with Crippen molar-refractivity contribution in [2.75, 3.05) is 54.4 Å². The van der Waals surface area contributed by atoms with Crippen LogP contribution >= 0.6 is 0 Å². The summed E-state index contributed by atoms with van der Waals surface area (Å²) in [5.41, 5.74) is 0. The molecule has 306 valence electrons. The number of hydrogen-bond acceptors (Lipinski definition) is 0. The molecule has 2 nitrogen and oxygen atoms in total. The highest BCUT2D eigenvalue weighted by Crippen LogP contribution is 2.17. The maximum atomic E-state index is 2.47. The van der Waals surface area contributed by atoms with E-state index in [1.54, 1.807) is 0 Å². The van der Waals surface area contributed by atoms with Crippen LogP contribution in [0.2, 0.25) is 0 Å². The van der Waals surface area contributed by atoms with E-state index in [9.17, 15) is 0 Å². The van der Waals surface area contributed by atoms with Gasteiger partial charge in [-0.25, -0.2) is 0 Å². The lowest BCUT2D eigenvalue weighted by molar-refractivity contribution is -0.890. The Kier molecular flexibility index (Phi) is 47.1.